The molecule has 1 radical (unpaired) electrons. The van der Waals surface area contributed by atoms with Crippen molar-refractivity contribution in [2.24, 2.45) is 0 Å². The van der Waals surface area contributed by atoms with E-state index in [1.165, 1.54) is 10.5 Å². The highest BCUT2D eigenvalue weighted by Crippen LogP contribution is 2.24. The second-order valence-corrected chi connectivity index (χ2v) is 4.90. The number of hydrogen-bond donors (Lipinski definition) is 0. The molecule has 0 spiro atoms. The Morgan fingerprint density at radius 3 is 2.47 bits per heavy atom. The third-order valence-corrected chi connectivity index (χ3v) is 3.35. The average Bonchev–Trinajstić information content (AvgIpc) is 2.30. The summed E-state index contributed by atoms with van der Waals surface area (Å²) in [6.45, 7) is 0. The molecule has 2 aromatic carbocycles. The van der Waals surface area contributed by atoms with E-state index in [0.717, 1.165) is 10.0 Å². The minimum Gasteiger partial charge on any atom is -0.129 e. The van der Waals surface area contributed by atoms with Gasteiger partial charge >= 0.3 is 0 Å². The Hall–Kier alpha value is -0.730. The van der Waals surface area contributed by atoms with E-state index in [4.69, 9.17) is 0 Å². The van der Waals surface area contributed by atoms with Crippen LogP contribution in [0.15, 0.2) is 51.8 Å². The van der Waals surface area contributed by atoms with Crippen molar-refractivity contribution in [1.29, 1.82) is 0 Å². The Balaban J connectivity index is 2.40. The maximum Gasteiger partial charge on any atom is 0.0175 e. The lowest BCUT2D eigenvalue weighted by molar-refractivity contribution is 1.44. The molecule has 0 fully saturated rings. The van der Waals surface area contributed by atoms with Crippen LogP contribution in [0, 0.1) is 6.07 Å². The van der Waals surface area contributed by atoms with Crippen LogP contribution in [0.4, 0.5) is 0 Å². The smallest absolute Gasteiger partial charge is 0.0175 e. The molecule has 0 aliphatic heterocycles. The van der Waals surface area contributed by atoms with E-state index in [2.05, 4.69) is 70.7 Å². The lowest BCUT2D eigenvalue weighted by Gasteiger charge is -2.03. The van der Waals surface area contributed by atoms with Gasteiger partial charge in [-0.05, 0) is 35.6 Å². The fraction of sp³-hybridized carbons (Fsp3) is 0.0769. The normalized spacial score (nSPS) is 10.3. The quantitative estimate of drug-likeness (QED) is 0.721. The van der Waals surface area contributed by atoms with Gasteiger partial charge in [0.05, 0.1) is 0 Å². The van der Waals surface area contributed by atoms with Crippen LogP contribution in [0.3, 0.4) is 0 Å². The molecule has 0 saturated heterocycles. The topological polar surface area (TPSA) is 0 Å². The number of benzene rings is 2. The van der Waals surface area contributed by atoms with E-state index < -0.39 is 0 Å². The highest BCUT2D eigenvalue weighted by molar-refractivity contribution is 9.10. The van der Waals surface area contributed by atoms with E-state index in [1.807, 2.05) is 0 Å². The van der Waals surface area contributed by atoms with E-state index in [1.54, 1.807) is 11.8 Å². The molecule has 0 aliphatic carbocycles. The van der Waals surface area contributed by atoms with Crippen LogP contribution in [-0.2, 0) is 0 Å². The highest BCUT2D eigenvalue weighted by Gasteiger charge is 1.98. The summed E-state index contributed by atoms with van der Waals surface area (Å²) in [4.78, 5) is 1.18. The minimum absolute atomic E-state index is 1.10. The van der Waals surface area contributed by atoms with Gasteiger partial charge in [-0.25, -0.2) is 0 Å². The predicted octanol–water partition coefficient (Wildman–Crippen LogP) is 4.64. The standard InChI is InChI=1S/C13H10BrS/c1-15-13-4-2-3-11(9-13)10-5-7-12(14)8-6-10/h2-8H,1H3. The van der Waals surface area contributed by atoms with E-state index in [0.29, 0.717) is 0 Å². The molecule has 15 heavy (non-hydrogen) atoms. The zero-order chi connectivity index (χ0) is 10.7. The largest absolute Gasteiger partial charge is 0.129 e. The van der Waals surface area contributed by atoms with Crippen LogP contribution in [-0.4, -0.2) is 6.26 Å². The van der Waals surface area contributed by atoms with Gasteiger partial charge in [0.2, 0.25) is 0 Å². The second kappa shape index (κ2) is 4.86. The molecule has 75 valence electrons. The van der Waals surface area contributed by atoms with Gasteiger partial charge in [0.25, 0.3) is 0 Å². The van der Waals surface area contributed by atoms with Gasteiger partial charge in [-0.3, -0.25) is 0 Å². The fourth-order valence-electron chi connectivity index (χ4n) is 1.36. The first-order valence-electron chi connectivity index (χ1n) is 4.62. The monoisotopic (exact) mass is 277 g/mol. The number of thioether (sulfide) groups is 1. The molecule has 0 heterocycles. The summed E-state index contributed by atoms with van der Waals surface area (Å²) in [6.07, 6.45) is 2.07. The fourth-order valence-corrected chi connectivity index (χ4v) is 2.06. The molecule has 0 N–H and O–H groups in total. The Kier molecular flexibility index (Phi) is 3.49. The summed E-state index contributed by atoms with van der Waals surface area (Å²) in [7, 11) is 0. The van der Waals surface area contributed by atoms with Crippen molar-refractivity contribution in [2.75, 3.05) is 6.26 Å². The molecule has 0 atom stereocenters. The van der Waals surface area contributed by atoms with Crippen LogP contribution < -0.4 is 0 Å². The van der Waals surface area contributed by atoms with Gasteiger partial charge in [-0.15, -0.1) is 11.8 Å². The first-order chi connectivity index (χ1) is 7.29. The summed E-state index contributed by atoms with van der Waals surface area (Å²) >= 11 is 5.15. The van der Waals surface area contributed by atoms with Gasteiger partial charge in [0.1, 0.15) is 0 Å². The Morgan fingerprint density at radius 1 is 1.07 bits per heavy atom. The maximum atomic E-state index is 3.43. The lowest BCUT2D eigenvalue weighted by atomic mass is 10.1. The molecule has 0 unspecified atom stereocenters. The zero-order valence-electron chi connectivity index (χ0n) is 8.33. The summed E-state index contributed by atoms with van der Waals surface area (Å²) in [5.74, 6) is 0. The first kappa shape index (κ1) is 10.8. The van der Waals surface area contributed by atoms with Crippen LogP contribution in [0.25, 0.3) is 11.1 Å². The molecule has 0 saturated carbocycles. The van der Waals surface area contributed by atoms with Gasteiger partial charge in [-0.2, -0.15) is 0 Å². The van der Waals surface area contributed by atoms with E-state index in [9.17, 15) is 0 Å². The summed E-state index contributed by atoms with van der Waals surface area (Å²) in [5, 5.41) is 0. The van der Waals surface area contributed by atoms with Crippen molar-refractivity contribution in [2.45, 2.75) is 4.90 Å². The van der Waals surface area contributed by atoms with Crippen molar-refractivity contribution in [3.05, 3.63) is 53.0 Å². The van der Waals surface area contributed by atoms with Crippen LogP contribution in [0.2, 0.25) is 0 Å². The van der Waals surface area contributed by atoms with Gasteiger partial charge in [-0.1, -0.05) is 40.2 Å². The highest BCUT2D eigenvalue weighted by atomic mass is 79.9. The zero-order valence-corrected chi connectivity index (χ0v) is 10.7. The van der Waals surface area contributed by atoms with E-state index in [-0.39, 0.29) is 0 Å². The molecule has 0 amide bonds. The van der Waals surface area contributed by atoms with E-state index >= 15 is 0 Å². The molecule has 2 aromatic rings. The van der Waals surface area contributed by atoms with Crippen LogP contribution >= 0.6 is 27.7 Å². The molecular formula is C13H10BrS. The van der Waals surface area contributed by atoms with Gasteiger partial charge in [0.15, 0.2) is 0 Å². The Bertz CT molecular complexity index is 448. The van der Waals surface area contributed by atoms with Crippen molar-refractivity contribution in [1.82, 2.24) is 0 Å². The van der Waals surface area contributed by atoms with Crippen molar-refractivity contribution >= 4 is 27.7 Å². The average molecular weight is 278 g/mol. The van der Waals surface area contributed by atoms with Crippen molar-refractivity contribution < 1.29 is 0 Å². The molecule has 2 heteroatoms. The minimum atomic E-state index is 1.10. The van der Waals surface area contributed by atoms with Crippen molar-refractivity contribution in [3.63, 3.8) is 0 Å². The number of hydrogen-bond acceptors (Lipinski definition) is 1. The molecule has 2 rings (SSSR count). The lowest BCUT2D eigenvalue weighted by Crippen LogP contribution is -1.78. The first-order valence-corrected chi connectivity index (χ1v) is 6.63. The molecule has 0 aliphatic rings. The molecule has 0 bridgehead atoms. The predicted molar refractivity (Wildman–Crippen MR) is 70.2 cm³/mol. The van der Waals surface area contributed by atoms with Gasteiger partial charge < -0.3 is 0 Å². The van der Waals surface area contributed by atoms with Crippen molar-refractivity contribution in [3.8, 4) is 11.1 Å². The second-order valence-electron chi connectivity index (χ2n) is 3.14. The summed E-state index contributed by atoms with van der Waals surface area (Å²) in [5.41, 5.74) is 2.35. The van der Waals surface area contributed by atoms with Crippen LogP contribution in [0.5, 0.6) is 0 Å². The SMILES string of the molecule is CSc1[c]c(-c2ccc(Br)cc2)ccc1. The third-order valence-electron chi connectivity index (χ3n) is 2.14. The van der Waals surface area contributed by atoms with Crippen LogP contribution in [0.1, 0.15) is 0 Å². The molecule has 0 aromatic heterocycles. The maximum absolute atomic E-state index is 3.43. The third kappa shape index (κ3) is 2.64. The number of rotatable bonds is 2. The van der Waals surface area contributed by atoms with Gasteiger partial charge in [0, 0.05) is 15.4 Å². The molecular weight excluding hydrogens is 268 g/mol. The Morgan fingerprint density at radius 2 is 1.80 bits per heavy atom. The molecule has 0 nitrogen and oxygen atoms in total. The Labute approximate surface area is 103 Å². The summed E-state index contributed by atoms with van der Waals surface area (Å²) in [6, 6.07) is 17.9. The summed E-state index contributed by atoms with van der Waals surface area (Å²) < 4.78 is 1.10. The number of halogens is 1.